The van der Waals surface area contributed by atoms with Gasteiger partial charge in [-0.15, -0.1) is 10.2 Å². The topological polar surface area (TPSA) is 39.9 Å². The highest BCUT2D eigenvalue weighted by Crippen LogP contribution is 2.07. The lowest BCUT2D eigenvalue weighted by Crippen LogP contribution is -2.17. The van der Waals surface area contributed by atoms with Gasteiger partial charge >= 0.3 is 0 Å². The van der Waals surface area contributed by atoms with Gasteiger partial charge in [0.1, 0.15) is 12.4 Å². The largest absolute Gasteiger partial charge is 0.372 e. The Morgan fingerprint density at radius 2 is 2.40 bits per heavy atom. The van der Waals surface area contributed by atoms with E-state index >= 15 is 0 Å². The minimum atomic E-state index is 0.612. The highest BCUT2D eigenvalue weighted by molar-refractivity contribution is 4.93. The van der Waals surface area contributed by atoms with E-state index in [0.29, 0.717) is 6.61 Å². The van der Waals surface area contributed by atoms with E-state index in [4.69, 9.17) is 4.74 Å². The molecule has 0 atom stereocenters. The van der Waals surface area contributed by atoms with E-state index in [-0.39, 0.29) is 0 Å². The third kappa shape index (κ3) is 0.724. The summed E-state index contributed by atoms with van der Waals surface area (Å²) in [4.78, 5) is 0. The molecule has 0 radical (unpaired) electrons. The number of hydrogen-bond donors (Lipinski definition) is 0. The second kappa shape index (κ2) is 2.05. The summed E-state index contributed by atoms with van der Waals surface area (Å²) in [5.74, 6) is 1.93. The molecule has 4 heteroatoms. The third-order valence-electron chi connectivity index (χ3n) is 1.70. The van der Waals surface area contributed by atoms with Gasteiger partial charge < -0.3 is 9.30 Å². The Morgan fingerprint density at radius 3 is 3.20 bits per heavy atom. The number of nitrogens with zero attached hydrogens (tertiary/aromatic N) is 3. The zero-order chi connectivity index (χ0) is 6.97. The molecule has 1 aliphatic heterocycles. The van der Waals surface area contributed by atoms with E-state index in [2.05, 4.69) is 14.8 Å². The van der Waals surface area contributed by atoms with Crippen LogP contribution in [0.15, 0.2) is 0 Å². The first-order valence-electron chi connectivity index (χ1n) is 3.34. The fourth-order valence-corrected chi connectivity index (χ4v) is 1.14. The average Bonchev–Trinajstić information content (AvgIpc) is 2.34. The van der Waals surface area contributed by atoms with Crippen molar-refractivity contribution in [2.45, 2.75) is 20.1 Å². The summed E-state index contributed by atoms with van der Waals surface area (Å²) in [6, 6.07) is 0. The lowest BCUT2D eigenvalue weighted by atomic mass is 10.5. The Morgan fingerprint density at radius 1 is 1.50 bits per heavy atom. The first-order chi connectivity index (χ1) is 4.88. The Kier molecular flexibility index (Phi) is 1.20. The van der Waals surface area contributed by atoms with Gasteiger partial charge in [0.2, 0.25) is 0 Å². The van der Waals surface area contributed by atoms with Gasteiger partial charge in [0, 0.05) is 6.54 Å². The summed E-state index contributed by atoms with van der Waals surface area (Å²) in [5, 5.41) is 7.88. The predicted octanol–water partition coefficient (Wildman–Crippen LogP) is 0.117. The van der Waals surface area contributed by atoms with E-state index in [1.807, 2.05) is 6.92 Å². The lowest BCUT2D eigenvalue weighted by molar-refractivity contribution is 0.0809. The molecule has 0 saturated carbocycles. The van der Waals surface area contributed by atoms with Crippen LogP contribution in [0.1, 0.15) is 11.6 Å². The van der Waals surface area contributed by atoms with Gasteiger partial charge in [0.15, 0.2) is 5.82 Å². The third-order valence-corrected chi connectivity index (χ3v) is 1.70. The van der Waals surface area contributed by atoms with E-state index in [1.165, 1.54) is 0 Å². The van der Waals surface area contributed by atoms with Gasteiger partial charge in [-0.2, -0.15) is 0 Å². The van der Waals surface area contributed by atoms with E-state index in [0.717, 1.165) is 24.8 Å². The maximum atomic E-state index is 5.19. The Hall–Kier alpha value is -0.900. The Balaban J connectivity index is 2.45. The van der Waals surface area contributed by atoms with Gasteiger partial charge in [-0.25, -0.2) is 0 Å². The summed E-state index contributed by atoms with van der Waals surface area (Å²) in [6.07, 6.45) is 0. The van der Waals surface area contributed by atoms with Crippen molar-refractivity contribution in [1.82, 2.24) is 14.8 Å². The van der Waals surface area contributed by atoms with Gasteiger partial charge in [-0.3, -0.25) is 0 Å². The van der Waals surface area contributed by atoms with Crippen molar-refractivity contribution >= 4 is 0 Å². The molecule has 0 aliphatic carbocycles. The monoisotopic (exact) mass is 139 g/mol. The number of aryl methyl sites for hydroxylation is 1. The fourth-order valence-electron chi connectivity index (χ4n) is 1.14. The lowest BCUT2D eigenvalue weighted by Gasteiger charge is -2.13. The molecule has 0 amide bonds. The van der Waals surface area contributed by atoms with Crippen LogP contribution >= 0.6 is 0 Å². The van der Waals surface area contributed by atoms with Crippen LogP contribution in [0.2, 0.25) is 0 Å². The molecule has 2 rings (SSSR count). The van der Waals surface area contributed by atoms with Crippen LogP contribution in [0.25, 0.3) is 0 Å². The zero-order valence-electron chi connectivity index (χ0n) is 5.87. The summed E-state index contributed by atoms with van der Waals surface area (Å²) >= 11 is 0. The minimum absolute atomic E-state index is 0.612. The second-order valence-corrected chi connectivity index (χ2v) is 2.37. The van der Waals surface area contributed by atoms with Crippen LogP contribution in [0, 0.1) is 6.92 Å². The fraction of sp³-hybridized carbons (Fsp3) is 0.667. The van der Waals surface area contributed by atoms with Gasteiger partial charge in [0.05, 0.1) is 6.61 Å². The molecular formula is C6H9N3O. The van der Waals surface area contributed by atoms with E-state index in [1.54, 1.807) is 0 Å². The quantitative estimate of drug-likeness (QED) is 0.512. The second-order valence-electron chi connectivity index (χ2n) is 2.37. The molecule has 0 fully saturated rings. The number of aromatic nitrogens is 3. The molecule has 0 aromatic carbocycles. The molecule has 0 unspecified atom stereocenters. The molecule has 10 heavy (non-hydrogen) atoms. The molecule has 2 heterocycles. The molecule has 0 spiro atoms. The first kappa shape index (κ1) is 5.85. The van der Waals surface area contributed by atoms with Crippen LogP contribution in [-0.2, 0) is 17.9 Å². The van der Waals surface area contributed by atoms with Crippen LogP contribution in [0.3, 0.4) is 0 Å². The van der Waals surface area contributed by atoms with Crippen molar-refractivity contribution in [3.05, 3.63) is 11.6 Å². The summed E-state index contributed by atoms with van der Waals surface area (Å²) in [7, 11) is 0. The van der Waals surface area contributed by atoms with Crippen molar-refractivity contribution in [3.63, 3.8) is 0 Å². The zero-order valence-corrected chi connectivity index (χ0v) is 5.87. The van der Waals surface area contributed by atoms with Crippen molar-refractivity contribution in [2.24, 2.45) is 0 Å². The first-order valence-corrected chi connectivity index (χ1v) is 3.34. The van der Waals surface area contributed by atoms with Crippen molar-refractivity contribution in [2.75, 3.05) is 6.61 Å². The molecule has 1 aromatic heterocycles. The SMILES string of the molecule is Cc1nnc2n1CCOC2. The molecule has 4 nitrogen and oxygen atoms in total. The van der Waals surface area contributed by atoms with Gasteiger partial charge in [-0.05, 0) is 6.92 Å². The molecule has 0 bridgehead atoms. The molecule has 1 aliphatic rings. The Bertz CT molecular complexity index is 243. The maximum Gasteiger partial charge on any atom is 0.159 e. The smallest absolute Gasteiger partial charge is 0.159 e. The van der Waals surface area contributed by atoms with E-state index < -0.39 is 0 Å². The Labute approximate surface area is 58.8 Å². The highest BCUT2D eigenvalue weighted by atomic mass is 16.5. The number of ether oxygens (including phenoxy) is 1. The number of fused-ring (bicyclic) bond motifs is 1. The van der Waals surface area contributed by atoms with Gasteiger partial charge in [-0.1, -0.05) is 0 Å². The summed E-state index contributed by atoms with van der Waals surface area (Å²) < 4.78 is 7.27. The maximum absolute atomic E-state index is 5.19. The molecule has 54 valence electrons. The van der Waals surface area contributed by atoms with E-state index in [9.17, 15) is 0 Å². The number of hydrogen-bond acceptors (Lipinski definition) is 3. The normalized spacial score (nSPS) is 16.9. The minimum Gasteiger partial charge on any atom is -0.372 e. The molecule has 0 saturated heterocycles. The molecular weight excluding hydrogens is 130 g/mol. The van der Waals surface area contributed by atoms with Crippen LogP contribution in [-0.4, -0.2) is 21.4 Å². The highest BCUT2D eigenvalue weighted by Gasteiger charge is 2.12. The van der Waals surface area contributed by atoms with Crippen LogP contribution in [0.5, 0.6) is 0 Å². The summed E-state index contributed by atoms with van der Waals surface area (Å²) in [6.45, 7) is 4.25. The standard InChI is InChI=1S/C6H9N3O/c1-5-7-8-6-4-10-3-2-9(5)6/h2-4H2,1H3. The molecule has 1 aromatic rings. The summed E-state index contributed by atoms with van der Waals surface area (Å²) in [5.41, 5.74) is 0. The van der Waals surface area contributed by atoms with Gasteiger partial charge in [0.25, 0.3) is 0 Å². The number of rotatable bonds is 0. The van der Waals surface area contributed by atoms with Crippen LogP contribution < -0.4 is 0 Å². The molecule has 0 N–H and O–H groups in total. The predicted molar refractivity (Wildman–Crippen MR) is 34.4 cm³/mol. The average molecular weight is 139 g/mol. The van der Waals surface area contributed by atoms with Crippen molar-refractivity contribution in [3.8, 4) is 0 Å². The van der Waals surface area contributed by atoms with Crippen molar-refractivity contribution < 1.29 is 4.74 Å². The van der Waals surface area contributed by atoms with Crippen LogP contribution in [0.4, 0.5) is 0 Å². The van der Waals surface area contributed by atoms with Crippen molar-refractivity contribution in [1.29, 1.82) is 0 Å².